The molecule has 0 aliphatic heterocycles. The first-order valence-corrected chi connectivity index (χ1v) is 11.1. The van der Waals surface area contributed by atoms with Crippen molar-refractivity contribution >= 4 is 44.4 Å². The van der Waals surface area contributed by atoms with Crippen LogP contribution in [0.4, 0.5) is 5.13 Å². The van der Waals surface area contributed by atoms with Crippen LogP contribution >= 0.6 is 23.1 Å². The number of thiazole rings is 1. The Labute approximate surface area is 169 Å². The molecular formula is C21H26N3OS2+. The lowest BCUT2D eigenvalue weighted by Crippen LogP contribution is -3.06. The van der Waals surface area contributed by atoms with E-state index >= 15 is 0 Å². The maximum atomic E-state index is 13.3. The third-order valence-electron chi connectivity index (χ3n) is 4.70. The quantitative estimate of drug-likeness (QED) is 0.644. The molecule has 0 saturated heterocycles. The van der Waals surface area contributed by atoms with E-state index < -0.39 is 0 Å². The Morgan fingerprint density at radius 3 is 2.70 bits per heavy atom. The van der Waals surface area contributed by atoms with Crippen molar-refractivity contribution in [3.8, 4) is 0 Å². The van der Waals surface area contributed by atoms with Crippen LogP contribution in [0.1, 0.15) is 21.5 Å². The number of nitrogens with zero attached hydrogens (tertiary/aromatic N) is 2. The van der Waals surface area contributed by atoms with Gasteiger partial charge in [-0.1, -0.05) is 23.5 Å². The van der Waals surface area contributed by atoms with Crippen LogP contribution in [0.25, 0.3) is 10.2 Å². The fourth-order valence-electron chi connectivity index (χ4n) is 2.86. The number of amides is 1. The molecule has 4 nitrogen and oxygen atoms in total. The van der Waals surface area contributed by atoms with E-state index in [0.29, 0.717) is 12.1 Å². The summed E-state index contributed by atoms with van der Waals surface area (Å²) in [4.78, 5) is 22.4. The van der Waals surface area contributed by atoms with Crippen molar-refractivity contribution < 1.29 is 9.69 Å². The number of benzene rings is 2. The van der Waals surface area contributed by atoms with Crippen LogP contribution in [0.5, 0.6) is 0 Å². The molecule has 0 spiro atoms. The molecule has 1 aromatic heterocycles. The SMILES string of the molecule is CSc1cccc(C(=O)N(CC[NH+](C)C)c2nc3c(C)c(C)ccc3s2)c1. The second kappa shape index (κ2) is 8.42. The van der Waals surface area contributed by atoms with Gasteiger partial charge in [-0.2, -0.15) is 0 Å². The number of thioether (sulfide) groups is 1. The molecule has 2 aromatic carbocycles. The maximum Gasteiger partial charge on any atom is 0.260 e. The Kier molecular flexibility index (Phi) is 6.19. The smallest absolute Gasteiger partial charge is 0.260 e. The van der Waals surface area contributed by atoms with Crippen LogP contribution in [-0.2, 0) is 0 Å². The molecular weight excluding hydrogens is 374 g/mol. The Hall–Kier alpha value is -1.89. The summed E-state index contributed by atoms with van der Waals surface area (Å²) in [5.74, 6) is 0.0144. The zero-order valence-corrected chi connectivity index (χ0v) is 18.1. The highest BCUT2D eigenvalue weighted by atomic mass is 32.2. The molecule has 3 aromatic rings. The minimum Gasteiger partial charge on any atom is -0.338 e. The molecule has 0 saturated carbocycles. The van der Waals surface area contributed by atoms with Crippen molar-refractivity contribution in [2.45, 2.75) is 18.7 Å². The van der Waals surface area contributed by atoms with Crippen molar-refractivity contribution in [2.24, 2.45) is 0 Å². The number of carbonyl (C=O) groups excluding carboxylic acids is 1. The number of likely N-dealkylation sites (N-methyl/N-ethyl adjacent to an activating group) is 1. The van der Waals surface area contributed by atoms with Crippen molar-refractivity contribution in [3.05, 3.63) is 53.1 Å². The summed E-state index contributed by atoms with van der Waals surface area (Å²) in [7, 11) is 4.20. The number of hydrogen-bond acceptors (Lipinski definition) is 4. The second-order valence-electron chi connectivity index (χ2n) is 7.00. The van der Waals surface area contributed by atoms with Gasteiger partial charge in [0.15, 0.2) is 5.13 Å². The molecule has 0 radical (unpaired) electrons. The molecule has 0 atom stereocenters. The summed E-state index contributed by atoms with van der Waals surface area (Å²) in [6, 6.07) is 12.1. The predicted molar refractivity (Wildman–Crippen MR) is 117 cm³/mol. The topological polar surface area (TPSA) is 37.6 Å². The number of aryl methyl sites for hydroxylation is 2. The van der Waals surface area contributed by atoms with Gasteiger partial charge < -0.3 is 4.90 Å². The van der Waals surface area contributed by atoms with Crippen LogP contribution < -0.4 is 9.80 Å². The van der Waals surface area contributed by atoms with Crippen LogP contribution in [0.15, 0.2) is 41.3 Å². The van der Waals surface area contributed by atoms with E-state index in [2.05, 4.69) is 40.1 Å². The predicted octanol–water partition coefficient (Wildman–Crippen LogP) is 3.43. The van der Waals surface area contributed by atoms with Gasteiger partial charge in [0, 0.05) is 10.5 Å². The number of hydrogen-bond donors (Lipinski definition) is 1. The Morgan fingerprint density at radius 1 is 1.22 bits per heavy atom. The number of anilines is 1. The molecule has 0 fully saturated rings. The lowest BCUT2D eigenvalue weighted by molar-refractivity contribution is -0.856. The average Bonchev–Trinajstić information content (AvgIpc) is 3.09. The first kappa shape index (κ1) is 19.9. The van der Waals surface area contributed by atoms with Crippen molar-refractivity contribution in [1.29, 1.82) is 0 Å². The zero-order valence-electron chi connectivity index (χ0n) is 16.5. The van der Waals surface area contributed by atoms with Crippen molar-refractivity contribution in [3.63, 3.8) is 0 Å². The molecule has 0 unspecified atom stereocenters. The monoisotopic (exact) mass is 400 g/mol. The van der Waals surface area contributed by atoms with Crippen LogP contribution in [-0.4, -0.2) is 44.3 Å². The second-order valence-corrected chi connectivity index (χ2v) is 8.89. The Morgan fingerprint density at radius 2 is 2.00 bits per heavy atom. The Bertz CT molecular complexity index is 965. The molecule has 6 heteroatoms. The number of fused-ring (bicyclic) bond motifs is 1. The van der Waals surface area contributed by atoms with Crippen LogP contribution in [0, 0.1) is 13.8 Å². The number of nitrogens with one attached hydrogen (secondary N) is 1. The number of rotatable bonds is 6. The zero-order chi connectivity index (χ0) is 19.6. The highest BCUT2D eigenvalue weighted by Gasteiger charge is 2.23. The first-order valence-electron chi connectivity index (χ1n) is 9.02. The summed E-state index contributed by atoms with van der Waals surface area (Å²) in [6.07, 6.45) is 2.02. The summed E-state index contributed by atoms with van der Waals surface area (Å²) in [5, 5.41) is 0.777. The van der Waals surface area contributed by atoms with E-state index in [4.69, 9.17) is 4.98 Å². The highest BCUT2D eigenvalue weighted by molar-refractivity contribution is 7.98. The summed E-state index contributed by atoms with van der Waals surface area (Å²) >= 11 is 3.24. The van der Waals surface area contributed by atoms with Gasteiger partial charge in [-0.15, -0.1) is 11.8 Å². The summed E-state index contributed by atoms with van der Waals surface area (Å²) in [6.45, 7) is 5.70. The van der Waals surface area contributed by atoms with Crippen LogP contribution in [0.3, 0.4) is 0 Å². The molecule has 27 heavy (non-hydrogen) atoms. The number of aromatic nitrogens is 1. The van der Waals surface area contributed by atoms with E-state index in [0.717, 1.165) is 26.8 Å². The molecule has 142 valence electrons. The van der Waals surface area contributed by atoms with Crippen LogP contribution in [0.2, 0.25) is 0 Å². The molecule has 0 aliphatic rings. The molecule has 1 amide bonds. The number of quaternary nitrogens is 1. The summed E-state index contributed by atoms with van der Waals surface area (Å²) < 4.78 is 1.13. The highest BCUT2D eigenvalue weighted by Crippen LogP contribution is 2.32. The summed E-state index contributed by atoms with van der Waals surface area (Å²) in [5.41, 5.74) is 4.12. The van der Waals surface area contributed by atoms with Gasteiger partial charge in [-0.05, 0) is 55.5 Å². The third kappa shape index (κ3) is 4.34. The van der Waals surface area contributed by atoms with Gasteiger partial charge in [-0.3, -0.25) is 9.69 Å². The van der Waals surface area contributed by atoms with Gasteiger partial charge in [0.25, 0.3) is 5.91 Å². The molecule has 0 bridgehead atoms. The Balaban J connectivity index is 2.02. The van der Waals surface area contributed by atoms with E-state index in [9.17, 15) is 4.79 Å². The van der Waals surface area contributed by atoms with Gasteiger partial charge in [0.2, 0.25) is 0 Å². The minimum absolute atomic E-state index is 0.0144. The maximum absolute atomic E-state index is 13.3. The molecule has 3 rings (SSSR count). The van der Waals surface area contributed by atoms with E-state index in [1.54, 1.807) is 23.1 Å². The lowest BCUT2D eigenvalue weighted by atomic mass is 10.1. The van der Waals surface area contributed by atoms with E-state index in [1.165, 1.54) is 16.0 Å². The van der Waals surface area contributed by atoms with E-state index in [1.807, 2.05) is 35.4 Å². The standard InChI is InChI=1S/C21H25N3OS2/c1-14-9-10-18-19(15(14)2)22-21(27-18)24(12-11-23(3)4)20(25)16-7-6-8-17(13-16)26-5/h6-10,13H,11-12H2,1-5H3/p+1. The number of carbonyl (C=O) groups is 1. The van der Waals surface area contributed by atoms with Crippen molar-refractivity contribution in [2.75, 3.05) is 38.3 Å². The fraction of sp³-hybridized carbons (Fsp3) is 0.333. The fourth-order valence-corrected chi connectivity index (χ4v) is 4.37. The van der Waals surface area contributed by atoms with E-state index in [-0.39, 0.29) is 5.91 Å². The normalized spacial score (nSPS) is 11.3. The van der Waals surface area contributed by atoms with Gasteiger partial charge >= 0.3 is 0 Å². The largest absolute Gasteiger partial charge is 0.338 e. The lowest BCUT2D eigenvalue weighted by Gasteiger charge is -2.21. The molecule has 0 aliphatic carbocycles. The molecule has 1 heterocycles. The third-order valence-corrected chi connectivity index (χ3v) is 6.47. The van der Waals surface area contributed by atoms with Crippen molar-refractivity contribution in [1.82, 2.24) is 4.98 Å². The van der Waals surface area contributed by atoms with Gasteiger partial charge in [-0.25, -0.2) is 4.98 Å². The van der Waals surface area contributed by atoms with Gasteiger partial charge in [0.1, 0.15) is 0 Å². The van der Waals surface area contributed by atoms with Gasteiger partial charge in [0.05, 0.1) is 37.4 Å². The molecule has 1 N–H and O–H groups in total. The minimum atomic E-state index is 0.0144. The first-order chi connectivity index (χ1) is 12.9. The average molecular weight is 401 g/mol.